The second-order valence-corrected chi connectivity index (χ2v) is 3.32. The number of methoxy groups -OCH3 is 1. The molecule has 0 heterocycles. The highest BCUT2D eigenvalue weighted by Crippen LogP contribution is 2.35. The van der Waals surface area contributed by atoms with Crippen LogP contribution in [0, 0.1) is 0 Å². The third-order valence-corrected chi connectivity index (χ3v) is 2.22. The maximum absolute atomic E-state index is 13.2. The van der Waals surface area contributed by atoms with Gasteiger partial charge in [0, 0.05) is 11.6 Å². The number of rotatable bonds is 4. The molecule has 1 aromatic rings. The Morgan fingerprint density at radius 2 is 2.06 bits per heavy atom. The first-order chi connectivity index (χ1) is 7.42. The van der Waals surface area contributed by atoms with Gasteiger partial charge in [0.15, 0.2) is 0 Å². The summed E-state index contributed by atoms with van der Waals surface area (Å²) in [6.07, 6.45) is 0. The largest absolute Gasteiger partial charge is 0.508 e. The number of benzene rings is 1. The number of hydrogen-bond donors (Lipinski definition) is 3. The van der Waals surface area contributed by atoms with Crippen molar-refractivity contribution >= 4 is 12.4 Å². The number of phenolic OH excluding ortho intramolecular Hbond substituents is 1. The number of ether oxygens (including phenoxy) is 1. The number of aliphatic hydroxyl groups is 1. The number of aliphatic hydroxyl groups excluding tert-OH is 1. The highest BCUT2D eigenvalue weighted by atomic mass is 35.5. The van der Waals surface area contributed by atoms with E-state index in [2.05, 4.69) is 0 Å². The third-order valence-electron chi connectivity index (χ3n) is 2.22. The number of phenols is 1. The van der Waals surface area contributed by atoms with Gasteiger partial charge >= 0.3 is 0 Å². The van der Waals surface area contributed by atoms with Crippen molar-refractivity contribution in [3.63, 3.8) is 0 Å². The van der Waals surface area contributed by atoms with Crippen LogP contribution in [0.1, 0.15) is 11.6 Å². The summed E-state index contributed by atoms with van der Waals surface area (Å²) in [5, 5.41) is 17.7. The third kappa shape index (κ3) is 3.42. The van der Waals surface area contributed by atoms with Gasteiger partial charge in [0.2, 0.25) is 0 Å². The minimum atomic E-state index is -3.44. The first-order valence-corrected chi connectivity index (χ1v) is 4.53. The molecule has 0 aromatic heterocycles. The summed E-state index contributed by atoms with van der Waals surface area (Å²) in [5.41, 5.74) is 5.37. The Morgan fingerprint density at radius 1 is 1.47 bits per heavy atom. The van der Waals surface area contributed by atoms with Crippen LogP contribution in [0.15, 0.2) is 18.2 Å². The van der Waals surface area contributed by atoms with Crippen LogP contribution in [-0.2, 0) is 0 Å². The molecule has 1 rings (SSSR count). The average molecular weight is 270 g/mol. The highest BCUT2D eigenvalue weighted by Gasteiger charge is 2.38. The maximum atomic E-state index is 13.2. The van der Waals surface area contributed by atoms with Gasteiger partial charge in [0.05, 0.1) is 7.11 Å². The zero-order valence-electron chi connectivity index (χ0n) is 9.06. The number of halogens is 3. The van der Waals surface area contributed by atoms with Gasteiger partial charge in [-0.15, -0.1) is 12.4 Å². The minimum Gasteiger partial charge on any atom is -0.508 e. The summed E-state index contributed by atoms with van der Waals surface area (Å²) >= 11 is 0. The fraction of sp³-hybridized carbons (Fsp3) is 0.400. The molecule has 0 bridgehead atoms. The molecule has 4 nitrogen and oxygen atoms in total. The maximum Gasteiger partial charge on any atom is 0.289 e. The summed E-state index contributed by atoms with van der Waals surface area (Å²) in [5.74, 6) is -3.50. The van der Waals surface area contributed by atoms with Gasteiger partial charge in [-0.1, -0.05) is 0 Å². The van der Waals surface area contributed by atoms with Gasteiger partial charge in [-0.3, -0.25) is 0 Å². The van der Waals surface area contributed by atoms with Gasteiger partial charge in [0.1, 0.15) is 24.1 Å². The molecule has 4 N–H and O–H groups in total. The molecule has 0 spiro atoms. The molecule has 0 aliphatic carbocycles. The van der Waals surface area contributed by atoms with E-state index < -0.39 is 18.6 Å². The molecule has 0 unspecified atom stereocenters. The van der Waals surface area contributed by atoms with Crippen molar-refractivity contribution in [2.24, 2.45) is 5.73 Å². The summed E-state index contributed by atoms with van der Waals surface area (Å²) in [4.78, 5) is 0. The lowest BCUT2D eigenvalue weighted by molar-refractivity contribution is -0.0715. The first-order valence-electron chi connectivity index (χ1n) is 4.53. The second kappa shape index (κ2) is 6.00. The molecule has 1 aromatic carbocycles. The first kappa shape index (κ1) is 15.9. The van der Waals surface area contributed by atoms with Crippen molar-refractivity contribution in [3.8, 4) is 11.5 Å². The van der Waals surface area contributed by atoms with Crippen molar-refractivity contribution in [1.82, 2.24) is 0 Å². The number of aromatic hydroxyl groups is 1. The van der Waals surface area contributed by atoms with Gasteiger partial charge in [0.25, 0.3) is 5.92 Å². The predicted molar refractivity (Wildman–Crippen MR) is 60.9 cm³/mol. The fourth-order valence-electron chi connectivity index (χ4n) is 1.28. The number of hydrogen-bond acceptors (Lipinski definition) is 4. The van der Waals surface area contributed by atoms with Crippen molar-refractivity contribution < 1.29 is 23.7 Å². The van der Waals surface area contributed by atoms with Crippen molar-refractivity contribution in [1.29, 1.82) is 0 Å². The van der Waals surface area contributed by atoms with Crippen LogP contribution in [0.25, 0.3) is 0 Å². The normalized spacial score (nSPS) is 12.8. The molecule has 0 saturated carbocycles. The summed E-state index contributed by atoms with van der Waals surface area (Å²) in [7, 11) is 1.28. The zero-order valence-corrected chi connectivity index (χ0v) is 9.88. The molecule has 7 heteroatoms. The molecule has 1 atom stereocenters. The standard InChI is InChI=1S/C10H13F2NO3.ClH/c1-16-8-4-6(15)2-3-7(8)9(13)10(11,12)5-14;/h2-4,9,14-15H,5,13H2,1H3;1H/t9-;/m1./s1. The Hall–Kier alpha value is -1.11. The minimum absolute atomic E-state index is 0. The van der Waals surface area contributed by atoms with Crippen molar-refractivity contribution in [2.45, 2.75) is 12.0 Å². The van der Waals surface area contributed by atoms with E-state index in [1.54, 1.807) is 0 Å². The molecule has 17 heavy (non-hydrogen) atoms. The number of alkyl halides is 2. The van der Waals surface area contributed by atoms with Crippen LogP contribution in [0.5, 0.6) is 11.5 Å². The van der Waals surface area contributed by atoms with E-state index in [9.17, 15) is 8.78 Å². The second-order valence-electron chi connectivity index (χ2n) is 3.32. The fourth-order valence-corrected chi connectivity index (χ4v) is 1.28. The molecule has 0 aliphatic rings. The van der Waals surface area contributed by atoms with E-state index in [-0.39, 0.29) is 29.5 Å². The lowest BCUT2D eigenvalue weighted by atomic mass is 10.0. The Labute approximate surface area is 103 Å². The van der Waals surface area contributed by atoms with E-state index in [0.29, 0.717) is 0 Å². The number of nitrogens with two attached hydrogens (primary N) is 1. The van der Waals surface area contributed by atoms with E-state index in [1.165, 1.54) is 25.3 Å². The van der Waals surface area contributed by atoms with Gasteiger partial charge in [-0.2, -0.15) is 0 Å². The lowest BCUT2D eigenvalue weighted by Gasteiger charge is -2.23. The Morgan fingerprint density at radius 3 is 2.53 bits per heavy atom. The van der Waals surface area contributed by atoms with Crippen LogP contribution in [0.3, 0.4) is 0 Å². The zero-order chi connectivity index (χ0) is 12.3. The summed E-state index contributed by atoms with van der Waals surface area (Å²) in [6.45, 7) is -1.35. The summed E-state index contributed by atoms with van der Waals surface area (Å²) in [6, 6.07) is 1.96. The van der Waals surface area contributed by atoms with Crippen LogP contribution < -0.4 is 10.5 Å². The topological polar surface area (TPSA) is 75.7 Å². The van der Waals surface area contributed by atoms with Crippen LogP contribution >= 0.6 is 12.4 Å². The van der Waals surface area contributed by atoms with Gasteiger partial charge in [-0.05, 0) is 12.1 Å². The Balaban J connectivity index is 0.00000256. The molecule has 0 amide bonds. The molecule has 0 saturated heterocycles. The van der Waals surface area contributed by atoms with Crippen LogP contribution in [0.2, 0.25) is 0 Å². The van der Waals surface area contributed by atoms with Crippen LogP contribution in [-0.4, -0.2) is 29.9 Å². The van der Waals surface area contributed by atoms with E-state index in [4.69, 9.17) is 20.7 Å². The molecular weight excluding hydrogens is 256 g/mol. The smallest absolute Gasteiger partial charge is 0.289 e. The van der Waals surface area contributed by atoms with Crippen LogP contribution in [0.4, 0.5) is 8.78 Å². The Bertz CT molecular complexity index is 377. The Kier molecular flexibility index (Phi) is 5.60. The van der Waals surface area contributed by atoms with Gasteiger partial charge in [-0.25, -0.2) is 8.78 Å². The average Bonchev–Trinajstić information content (AvgIpc) is 2.27. The molecule has 0 radical (unpaired) electrons. The quantitative estimate of drug-likeness (QED) is 0.773. The lowest BCUT2D eigenvalue weighted by Crippen LogP contribution is -2.36. The molecule has 98 valence electrons. The summed E-state index contributed by atoms with van der Waals surface area (Å²) < 4.78 is 31.1. The van der Waals surface area contributed by atoms with E-state index >= 15 is 0 Å². The highest BCUT2D eigenvalue weighted by molar-refractivity contribution is 5.85. The molecule has 0 fully saturated rings. The predicted octanol–water partition coefficient (Wildman–Crippen LogP) is 1.45. The SMILES string of the molecule is COc1cc(O)ccc1[C@@H](N)C(F)(F)CO.Cl. The van der Waals surface area contributed by atoms with Gasteiger partial charge < -0.3 is 20.7 Å². The van der Waals surface area contributed by atoms with E-state index in [1.807, 2.05) is 0 Å². The van der Waals surface area contributed by atoms with Crippen molar-refractivity contribution in [3.05, 3.63) is 23.8 Å². The monoisotopic (exact) mass is 269 g/mol. The van der Waals surface area contributed by atoms with Crippen molar-refractivity contribution in [2.75, 3.05) is 13.7 Å². The van der Waals surface area contributed by atoms with E-state index in [0.717, 1.165) is 0 Å². The molecular formula is C10H14ClF2NO3. The molecule has 0 aliphatic heterocycles.